The van der Waals surface area contributed by atoms with Gasteiger partial charge in [0, 0.05) is 25.3 Å². The molecule has 178 valence electrons. The van der Waals surface area contributed by atoms with E-state index in [0.717, 1.165) is 4.90 Å². The molecule has 0 bridgehead atoms. The smallest absolute Gasteiger partial charge is 0.308 e. The molecular formula is C23H29N3O7. The summed E-state index contributed by atoms with van der Waals surface area (Å²) in [7, 11) is 0. The first kappa shape index (κ1) is 24.4. The highest BCUT2D eigenvalue weighted by atomic mass is 16.6. The number of nitrogens with zero attached hydrogens (tertiary/aromatic N) is 1. The van der Waals surface area contributed by atoms with Crippen molar-refractivity contribution in [1.29, 1.82) is 0 Å². The van der Waals surface area contributed by atoms with Gasteiger partial charge < -0.3 is 14.8 Å². The fourth-order valence-corrected chi connectivity index (χ4v) is 3.71. The molecule has 1 fully saturated rings. The van der Waals surface area contributed by atoms with Crippen LogP contribution < -0.4 is 10.6 Å². The lowest BCUT2D eigenvalue weighted by Crippen LogP contribution is -2.54. The first-order valence-corrected chi connectivity index (χ1v) is 11.0. The molecule has 2 N–H and O–H groups in total. The summed E-state index contributed by atoms with van der Waals surface area (Å²) in [4.78, 5) is 62.0. The van der Waals surface area contributed by atoms with Gasteiger partial charge in [0.05, 0.1) is 24.2 Å². The third kappa shape index (κ3) is 5.95. The van der Waals surface area contributed by atoms with Gasteiger partial charge in [0.1, 0.15) is 11.6 Å². The standard InChI is InChI=1S/C23H29N3O7/c1-23(2,3)33-18(28)10-13-32-12-5-11-24-15-7-4-6-14-19(15)22(31)26(21(14)30)16-8-9-17(27)25-20(16)29/h4,6-7,16,24H,5,8-13H2,1-3H3,(H,25,27,29). The second-order valence-corrected chi connectivity index (χ2v) is 8.90. The van der Waals surface area contributed by atoms with Crippen LogP contribution in [0.4, 0.5) is 5.69 Å². The van der Waals surface area contributed by atoms with Crippen LogP contribution >= 0.6 is 0 Å². The van der Waals surface area contributed by atoms with Gasteiger partial charge in [-0.25, -0.2) is 0 Å². The SMILES string of the molecule is CC(C)(C)OC(=O)CCOCCCNc1cccc2c1C(=O)N(C1CCC(=O)NC1=O)C2=O. The first-order valence-electron chi connectivity index (χ1n) is 11.0. The summed E-state index contributed by atoms with van der Waals surface area (Å²) in [5.74, 6) is -2.47. The number of hydrogen-bond acceptors (Lipinski definition) is 8. The van der Waals surface area contributed by atoms with Gasteiger partial charge in [-0.05, 0) is 45.7 Å². The van der Waals surface area contributed by atoms with Crippen LogP contribution in [0.15, 0.2) is 18.2 Å². The molecule has 1 saturated heterocycles. The summed E-state index contributed by atoms with van der Waals surface area (Å²) in [6.45, 7) is 6.55. The number of esters is 1. The van der Waals surface area contributed by atoms with Crippen LogP contribution in [0.1, 0.15) is 67.2 Å². The molecule has 1 atom stereocenters. The molecule has 0 saturated carbocycles. The highest BCUT2D eigenvalue weighted by Gasteiger charge is 2.45. The minimum atomic E-state index is -0.999. The van der Waals surface area contributed by atoms with Crippen molar-refractivity contribution >= 4 is 35.3 Å². The van der Waals surface area contributed by atoms with Crippen molar-refractivity contribution in [3.63, 3.8) is 0 Å². The first-order chi connectivity index (χ1) is 15.6. The molecular weight excluding hydrogens is 430 g/mol. The van der Waals surface area contributed by atoms with E-state index in [1.807, 2.05) is 0 Å². The topological polar surface area (TPSA) is 131 Å². The number of amides is 4. The Hall–Kier alpha value is -3.27. The van der Waals surface area contributed by atoms with E-state index in [2.05, 4.69) is 10.6 Å². The van der Waals surface area contributed by atoms with E-state index in [1.54, 1.807) is 39.0 Å². The summed E-state index contributed by atoms with van der Waals surface area (Å²) in [6, 6.07) is 3.91. The fraction of sp³-hybridized carbons (Fsp3) is 0.522. The van der Waals surface area contributed by atoms with Crippen LogP contribution in [-0.2, 0) is 23.9 Å². The van der Waals surface area contributed by atoms with Gasteiger partial charge in [0.2, 0.25) is 11.8 Å². The number of anilines is 1. The van der Waals surface area contributed by atoms with Gasteiger partial charge in [-0.3, -0.25) is 34.2 Å². The zero-order valence-corrected chi connectivity index (χ0v) is 19.1. The monoisotopic (exact) mass is 459 g/mol. The summed E-state index contributed by atoms with van der Waals surface area (Å²) in [5.41, 5.74) is 0.416. The fourth-order valence-electron chi connectivity index (χ4n) is 3.71. The number of piperidine rings is 1. The molecule has 33 heavy (non-hydrogen) atoms. The summed E-state index contributed by atoms with van der Waals surface area (Å²) in [6.07, 6.45) is 0.961. The molecule has 2 heterocycles. The lowest BCUT2D eigenvalue weighted by Gasteiger charge is -2.27. The third-order valence-corrected chi connectivity index (χ3v) is 5.12. The van der Waals surface area contributed by atoms with Crippen molar-refractivity contribution in [2.45, 2.75) is 58.1 Å². The molecule has 1 aromatic rings. The Kier molecular flexibility index (Phi) is 7.47. The normalized spacial score (nSPS) is 18.3. The molecule has 2 aliphatic rings. The number of carbonyl (C=O) groups is 5. The summed E-state index contributed by atoms with van der Waals surface area (Å²) in [5, 5.41) is 5.33. The summed E-state index contributed by atoms with van der Waals surface area (Å²) >= 11 is 0. The van der Waals surface area contributed by atoms with Gasteiger partial charge in [0.25, 0.3) is 11.8 Å². The van der Waals surface area contributed by atoms with E-state index in [1.165, 1.54) is 0 Å². The number of imide groups is 2. The van der Waals surface area contributed by atoms with Crippen LogP contribution in [0.3, 0.4) is 0 Å². The van der Waals surface area contributed by atoms with Gasteiger partial charge >= 0.3 is 5.97 Å². The number of fused-ring (bicyclic) bond motifs is 1. The lowest BCUT2D eigenvalue weighted by atomic mass is 10.0. The highest BCUT2D eigenvalue weighted by Crippen LogP contribution is 2.32. The second-order valence-electron chi connectivity index (χ2n) is 8.90. The van der Waals surface area contributed by atoms with E-state index in [4.69, 9.17) is 9.47 Å². The highest BCUT2D eigenvalue weighted by molar-refractivity contribution is 6.25. The number of benzene rings is 1. The molecule has 2 aliphatic heterocycles. The molecule has 1 unspecified atom stereocenters. The van der Waals surface area contributed by atoms with Crippen molar-refractivity contribution < 1.29 is 33.4 Å². The quantitative estimate of drug-likeness (QED) is 0.324. The molecule has 10 nitrogen and oxygen atoms in total. The second kappa shape index (κ2) is 10.1. The third-order valence-electron chi connectivity index (χ3n) is 5.12. The van der Waals surface area contributed by atoms with Crippen LogP contribution in [0.5, 0.6) is 0 Å². The number of carbonyl (C=O) groups excluding carboxylic acids is 5. The predicted octanol–water partition coefficient (Wildman–Crippen LogP) is 1.64. The Morgan fingerprint density at radius 2 is 1.91 bits per heavy atom. The average molecular weight is 459 g/mol. The number of hydrogen-bond donors (Lipinski definition) is 2. The van der Waals surface area contributed by atoms with Crippen molar-refractivity contribution in [3.8, 4) is 0 Å². The molecule has 3 rings (SSSR count). The Morgan fingerprint density at radius 1 is 1.15 bits per heavy atom. The van der Waals surface area contributed by atoms with Gasteiger partial charge in [0.15, 0.2) is 0 Å². The Bertz CT molecular complexity index is 967. The Morgan fingerprint density at radius 3 is 2.61 bits per heavy atom. The molecule has 10 heteroatoms. The Labute approximate surface area is 192 Å². The van der Waals surface area contributed by atoms with Gasteiger partial charge in [-0.1, -0.05) is 6.07 Å². The van der Waals surface area contributed by atoms with Crippen LogP contribution in [0.25, 0.3) is 0 Å². The minimum Gasteiger partial charge on any atom is -0.460 e. The molecule has 0 aromatic heterocycles. The molecule has 0 spiro atoms. The van der Waals surface area contributed by atoms with Gasteiger partial charge in [-0.15, -0.1) is 0 Å². The van der Waals surface area contributed by atoms with Crippen molar-refractivity contribution in [1.82, 2.24) is 10.2 Å². The zero-order valence-electron chi connectivity index (χ0n) is 19.1. The molecule has 0 aliphatic carbocycles. The van der Waals surface area contributed by atoms with E-state index < -0.39 is 35.3 Å². The maximum absolute atomic E-state index is 13.0. The van der Waals surface area contributed by atoms with Crippen LogP contribution in [-0.4, -0.2) is 65.9 Å². The van der Waals surface area contributed by atoms with Crippen molar-refractivity contribution in [2.24, 2.45) is 0 Å². The number of rotatable bonds is 9. The molecule has 1 aromatic carbocycles. The van der Waals surface area contributed by atoms with E-state index >= 15 is 0 Å². The number of ether oxygens (including phenoxy) is 2. The maximum atomic E-state index is 13.0. The predicted molar refractivity (Wildman–Crippen MR) is 118 cm³/mol. The van der Waals surface area contributed by atoms with Gasteiger partial charge in [-0.2, -0.15) is 0 Å². The lowest BCUT2D eigenvalue weighted by molar-refractivity contribution is -0.156. The van der Waals surface area contributed by atoms with Crippen LogP contribution in [0.2, 0.25) is 0 Å². The summed E-state index contributed by atoms with van der Waals surface area (Å²) < 4.78 is 10.7. The van der Waals surface area contributed by atoms with Crippen LogP contribution in [0, 0.1) is 0 Å². The van der Waals surface area contributed by atoms with E-state index in [-0.39, 0.29) is 43.0 Å². The average Bonchev–Trinajstić information content (AvgIpc) is 2.97. The number of nitrogens with one attached hydrogen (secondary N) is 2. The van der Waals surface area contributed by atoms with E-state index in [0.29, 0.717) is 25.3 Å². The van der Waals surface area contributed by atoms with Crippen molar-refractivity contribution in [3.05, 3.63) is 29.3 Å². The molecule has 4 amide bonds. The minimum absolute atomic E-state index is 0.0723. The van der Waals surface area contributed by atoms with Crippen molar-refractivity contribution in [2.75, 3.05) is 25.1 Å². The van der Waals surface area contributed by atoms with E-state index in [9.17, 15) is 24.0 Å². The maximum Gasteiger partial charge on any atom is 0.308 e. The molecule has 0 radical (unpaired) electrons. The zero-order chi connectivity index (χ0) is 24.2. The largest absolute Gasteiger partial charge is 0.460 e. The Balaban J connectivity index is 1.50.